The lowest BCUT2D eigenvalue weighted by atomic mass is 10.0. The van der Waals surface area contributed by atoms with E-state index in [4.69, 9.17) is 0 Å². The Morgan fingerprint density at radius 2 is 1.62 bits per heavy atom. The molecule has 3 aromatic carbocycles. The summed E-state index contributed by atoms with van der Waals surface area (Å²) in [6, 6.07) is 18.8. The molecule has 3 aromatic rings. The van der Waals surface area contributed by atoms with Crippen molar-refractivity contribution in [1.82, 2.24) is 9.80 Å². The molecular weight excluding hydrogens is 424 g/mol. The minimum absolute atomic E-state index is 0.0757. The van der Waals surface area contributed by atoms with Crippen molar-refractivity contribution < 1.29 is 18.7 Å². The van der Waals surface area contributed by atoms with Gasteiger partial charge in [-0.1, -0.05) is 42.5 Å². The van der Waals surface area contributed by atoms with Gasteiger partial charge in [0.25, 0.3) is 5.91 Å². The number of piperazine rings is 1. The third kappa shape index (κ3) is 3.84. The Morgan fingerprint density at radius 1 is 0.875 bits per heavy atom. The van der Waals surface area contributed by atoms with Crippen LogP contribution in [0.15, 0.2) is 71.0 Å². The van der Waals surface area contributed by atoms with Gasteiger partial charge in [-0.3, -0.25) is 23.6 Å². The molecule has 6 nitrogen and oxygen atoms in total. The molecule has 0 atom stereocenters. The molecular formula is C25H24N2O4S. The number of fused-ring (bicyclic) bond motifs is 2. The lowest BCUT2D eigenvalue weighted by Gasteiger charge is -2.34. The van der Waals surface area contributed by atoms with Gasteiger partial charge in [0.15, 0.2) is 5.78 Å². The summed E-state index contributed by atoms with van der Waals surface area (Å²) in [6.07, 6.45) is 1.62. The maximum atomic E-state index is 13.1. The van der Waals surface area contributed by atoms with Crippen LogP contribution in [-0.4, -0.2) is 63.3 Å². The number of Topliss-reactive ketones (excluding diaryl/α,β-unsaturated/α-hetero) is 1. The highest BCUT2D eigenvalue weighted by Crippen LogP contribution is 2.56. The fraction of sp³-hybridized carbons (Fsp3) is 0.200. The molecule has 0 spiro atoms. The molecule has 1 amide bonds. The van der Waals surface area contributed by atoms with Gasteiger partial charge in [-0.25, -0.2) is 0 Å². The summed E-state index contributed by atoms with van der Waals surface area (Å²) in [7, 11) is -2.95. The first-order valence-corrected chi connectivity index (χ1v) is 12.2. The number of carbonyl (C=O) groups excluding carboxylic acids is 2. The van der Waals surface area contributed by atoms with Gasteiger partial charge in [0.2, 0.25) is 0 Å². The molecule has 2 N–H and O–H groups in total. The average Bonchev–Trinajstić information content (AvgIpc) is 3.13. The Labute approximate surface area is 188 Å². The second-order valence-electron chi connectivity index (χ2n) is 8.17. The zero-order valence-corrected chi connectivity index (χ0v) is 18.3. The monoisotopic (exact) mass is 448 g/mol. The van der Waals surface area contributed by atoms with Crippen molar-refractivity contribution >= 4 is 39.1 Å². The molecule has 2 aliphatic rings. The maximum Gasteiger partial charge on any atom is 0.254 e. The quantitative estimate of drug-likeness (QED) is 0.572. The van der Waals surface area contributed by atoms with Gasteiger partial charge >= 0.3 is 0 Å². The number of benzene rings is 3. The first-order chi connectivity index (χ1) is 15.4. The van der Waals surface area contributed by atoms with Crippen LogP contribution in [0.5, 0.6) is 0 Å². The lowest BCUT2D eigenvalue weighted by molar-refractivity contribution is 0.0624. The van der Waals surface area contributed by atoms with Crippen molar-refractivity contribution in [1.29, 1.82) is 0 Å². The lowest BCUT2D eigenvalue weighted by Crippen LogP contribution is -2.50. The normalized spacial score (nSPS) is 18.5. The fourth-order valence-electron chi connectivity index (χ4n) is 4.34. The van der Waals surface area contributed by atoms with Crippen molar-refractivity contribution in [3.63, 3.8) is 0 Å². The Bertz CT molecular complexity index is 1250. The molecule has 0 aromatic heterocycles. The molecule has 0 radical (unpaired) electrons. The predicted molar refractivity (Wildman–Crippen MR) is 127 cm³/mol. The van der Waals surface area contributed by atoms with E-state index in [1.54, 1.807) is 29.2 Å². The maximum absolute atomic E-state index is 13.1. The van der Waals surface area contributed by atoms with Crippen molar-refractivity contribution in [2.24, 2.45) is 0 Å². The summed E-state index contributed by atoms with van der Waals surface area (Å²) >= 11 is 0. The van der Waals surface area contributed by atoms with Crippen LogP contribution in [0.1, 0.15) is 26.3 Å². The number of hydrogen-bond donors (Lipinski definition) is 2. The minimum Gasteiger partial charge on any atom is -0.336 e. The van der Waals surface area contributed by atoms with Gasteiger partial charge in [-0.15, -0.1) is 10.6 Å². The van der Waals surface area contributed by atoms with Crippen molar-refractivity contribution in [3.05, 3.63) is 82.8 Å². The molecule has 2 aliphatic heterocycles. The van der Waals surface area contributed by atoms with E-state index < -0.39 is 10.6 Å². The van der Waals surface area contributed by atoms with Gasteiger partial charge in [0, 0.05) is 48.3 Å². The van der Waals surface area contributed by atoms with Crippen LogP contribution < -0.4 is 0 Å². The zero-order valence-electron chi connectivity index (χ0n) is 17.5. The van der Waals surface area contributed by atoms with Crippen LogP contribution in [0, 0.1) is 0 Å². The summed E-state index contributed by atoms with van der Waals surface area (Å²) in [6.45, 7) is 2.60. The van der Waals surface area contributed by atoms with Crippen LogP contribution in [0.3, 0.4) is 0 Å². The third-order valence-electron chi connectivity index (χ3n) is 6.14. The second kappa shape index (κ2) is 8.18. The van der Waals surface area contributed by atoms with Gasteiger partial charge in [0.1, 0.15) is 0 Å². The molecule has 5 rings (SSSR count). The zero-order chi connectivity index (χ0) is 22.3. The highest BCUT2D eigenvalue weighted by Gasteiger charge is 2.29. The topological polar surface area (TPSA) is 81.1 Å². The number of nitrogens with zero attached hydrogens (tertiary/aromatic N) is 2. The molecule has 0 aliphatic carbocycles. The van der Waals surface area contributed by atoms with Crippen LogP contribution in [-0.2, 0) is 0 Å². The number of amides is 1. The van der Waals surface area contributed by atoms with Gasteiger partial charge < -0.3 is 4.90 Å². The Balaban J connectivity index is 1.23. The molecule has 7 heteroatoms. The van der Waals surface area contributed by atoms with Crippen LogP contribution in [0.2, 0.25) is 0 Å². The summed E-state index contributed by atoms with van der Waals surface area (Å²) in [5.41, 5.74) is 1.77. The third-order valence-corrected chi connectivity index (χ3v) is 7.66. The number of rotatable bonds is 4. The van der Waals surface area contributed by atoms with E-state index in [9.17, 15) is 18.7 Å². The molecule has 2 heterocycles. The van der Waals surface area contributed by atoms with E-state index in [1.165, 1.54) is 5.41 Å². The Kier molecular flexibility index (Phi) is 5.35. The standard InChI is InChI=1S/C25H24N2O4S/c28-23(20-9-8-18-4-1-2-5-19(18)16-20)17-26-11-13-27(14-12-26)25(29)22-6-3-7-24-21(22)10-15-32(24,30)31/h1-10,15-16,30-31H,11-14,17H2. The summed E-state index contributed by atoms with van der Waals surface area (Å²) in [5.74, 6) is -0.0455. The first kappa shape index (κ1) is 20.9. The van der Waals surface area contributed by atoms with Crippen LogP contribution >= 0.6 is 10.6 Å². The predicted octanol–water partition coefficient (Wildman–Crippen LogP) is 4.57. The fourth-order valence-corrected chi connectivity index (χ4v) is 5.59. The average molecular weight is 449 g/mol. The minimum atomic E-state index is -2.95. The van der Waals surface area contributed by atoms with Crippen molar-refractivity contribution in [2.45, 2.75) is 4.90 Å². The molecule has 32 heavy (non-hydrogen) atoms. The SMILES string of the molecule is O=C(CN1CCN(C(=O)c2cccc3c2C=CS3(O)O)CC1)c1ccc2ccccc2c1. The Morgan fingerprint density at radius 3 is 2.41 bits per heavy atom. The molecule has 0 bridgehead atoms. The van der Waals surface area contributed by atoms with Gasteiger partial charge in [-0.2, -0.15) is 0 Å². The van der Waals surface area contributed by atoms with E-state index in [2.05, 4.69) is 4.90 Å². The summed E-state index contributed by atoms with van der Waals surface area (Å²) in [5, 5.41) is 3.53. The summed E-state index contributed by atoms with van der Waals surface area (Å²) in [4.78, 5) is 30.2. The van der Waals surface area contributed by atoms with Crippen LogP contribution in [0.4, 0.5) is 0 Å². The summed E-state index contributed by atoms with van der Waals surface area (Å²) < 4.78 is 20.2. The molecule has 0 saturated carbocycles. The smallest absolute Gasteiger partial charge is 0.254 e. The first-order valence-electron chi connectivity index (χ1n) is 10.6. The van der Waals surface area contributed by atoms with Gasteiger partial charge in [0.05, 0.1) is 11.4 Å². The number of hydrogen-bond acceptors (Lipinski definition) is 5. The van der Waals surface area contributed by atoms with Crippen LogP contribution in [0.25, 0.3) is 16.8 Å². The molecule has 164 valence electrons. The number of carbonyl (C=O) groups is 2. The second-order valence-corrected chi connectivity index (χ2v) is 10.1. The molecule has 0 unspecified atom stereocenters. The molecule has 1 fully saturated rings. The van der Waals surface area contributed by atoms with E-state index in [0.717, 1.165) is 10.8 Å². The van der Waals surface area contributed by atoms with E-state index >= 15 is 0 Å². The highest BCUT2D eigenvalue weighted by molar-refractivity contribution is 8.27. The van der Waals surface area contributed by atoms with Crippen molar-refractivity contribution in [2.75, 3.05) is 32.7 Å². The Hall–Kier alpha value is -2.97. The van der Waals surface area contributed by atoms with Crippen molar-refractivity contribution in [3.8, 4) is 0 Å². The largest absolute Gasteiger partial charge is 0.336 e. The van der Waals surface area contributed by atoms with E-state index in [-0.39, 0.29) is 11.7 Å². The highest BCUT2D eigenvalue weighted by atomic mass is 32.3. The van der Waals surface area contributed by atoms with Gasteiger partial charge in [-0.05, 0) is 35.0 Å². The molecule has 1 saturated heterocycles. The van der Waals surface area contributed by atoms with E-state index in [1.807, 2.05) is 42.5 Å². The van der Waals surface area contributed by atoms with E-state index in [0.29, 0.717) is 54.3 Å². The number of ketones is 1.